The van der Waals surface area contributed by atoms with Crippen molar-refractivity contribution in [2.75, 3.05) is 24.5 Å². The average molecular weight is 259 g/mol. The van der Waals surface area contributed by atoms with Gasteiger partial charge in [-0.15, -0.1) is 0 Å². The number of anilines is 1. The monoisotopic (exact) mass is 259 g/mol. The van der Waals surface area contributed by atoms with Gasteiger partial charge in [0.25, 0.3) is 0 Å². The lowest BCUT2D eigenvalue weighted by molar-refractivity contribution is 0.357. The molecule has 1 aromatic rings. The predicted octanol–water partition coefficient (Wildman–Crippen LogP) is 2.13. The number of fused-ring (bicyclic) bond motifs is 1. The van der Waals surface area contributed by atoms with E-state index in [0.717, 1.165) is 25.3 Å². The summed E-state index contributed by atoms with van der Waals surface area (Å²) in [7, 11) is 0. The Morgan fingerprint density at radius 2 is 2.21 bits per heavy atom. The Hall–Kier alpha value is -1.60. The fourth-order valence-electron chi connectivity index (χ4n) is 3.68. The Morgan fingerprint density at radius 1 is 1.42 bits per heavy atom. The summed E-state index contributed by atoms with van der Waals surface area (Å²) in [6.45, 7) is 7.30. The second kappa shape index (κ2) is 4.21. The number of nitriles is 1. The molecule has 3 nitrogen and oxygen atoms in total. The first kappa shape index (κ1) is 12.4. The number of rotatable bonds is 1. The Morgan fingerprint density at radius 3 is 2.89 bits per heavy atom. The van der Waals surface area contributed by atoms with E-state index in [4.69, 9.17) is 0 Å². The maximum absolute atomic E-state index is 13.8. The minimum absolute atomic E-state index is 0.0481. The number of nitrogens with zero attached hydrogens (tertiary/aromatic N) is 2. The molecular weight excluding hydrogens is 241 g/mol. The van der Waals surface area contributed by atoms with Crippen molar-refractivity contribution in [3.8, 4) is 6.07 Å². The van der Waals surface area contributed by atoms with Crippen LogP contribution in [0.15, 0.2) is 18.2 Å². The smallest absolute Gasteiger partial charge is 0.143 e. The highest BCUT2D eigenvalue weighted by Gasteiger charge is 2.50. The van der Waals surface area contributed by atoms with Crippen molar-refractivity contribution < 1.29 is 4.39 Å². The first-order valence-corrected chi connectivity index (χ1v) is 6.72. The molecule has 1 aromatic carbocycles. The van der Waals surface area contributed by atoms with E-state index in [-0.39, 0.29) is 11.1 Å². The molecule has 100 valence electrons. The van der Waals surface area contributed by atoms with Crippen LogP contribution < -0.4 is 10.2 Å². The van der Waals surface area contributed by atoms with Crippen LogP contribution in [0.1, 0.15) is 19.4 Å². The molecule has 4 heteroatoms. The van der Waals surface area contributed by atoms with Gasteiger partial charge in [0.1, 0.15) is 17.4 Å². The lowest BCUT2D eigenvalue weighted by Gasteiger charge is -2.37. The van der Waals surface area contributed by atoms with E-state index in [9.17, 15) is 9.65 Å². The van der Waals surface area contributed by atoms with Gasteiger partial charge in [0.15, 0.2) is 0 Å². The third kappa shape index (κ3) is 1.73. The zero-order valence-electron chi connectivity index (χ0n) is 11.3. The molecular formula is C15H18FN3. The summed E-state index contributed by atoms with van der Waals surface area (Å²) >= 11 is 0. The minimum Gasteiger partial charge on any atom is -0.365 e. The largest absolute Gasteiger partial charge is 0.365 e. The second-order valence-electron chi connectivity index (χ2n) is 6.03. The highest BCUT2D eigenvalue weighted by atomic mass is 19.1. The molecule has 0 aliphatic carbocycles. The minimum atomic E-state index is -0.425. The third-order valence-electron chi connectivity index (χ3n) is 4.75. The van der Waals surface area contributed by atoms with E-state index in [0.29, 0.717) is 11.8 Å². The maximum atomic E-state index is 13.8. The molecule has 2 unspecified atom stereocenters. The molecule has 2 atom stereocenters. The van der Waals surface area contributed by atoms with E-state index in [1.807, 2.05) is 12.1 Å². The Kier molecular flexibility index (Phi) is 2.75. The number of benzene rings is 1. The van der Waals surface area contributed by atoms with Gasteiger partial charge in [-0.05, 0) is 37.8 Å². The van der Waals surface area contributed by atoms with Crippen LogP contribution in [0.3, 0.4) is 0 Å². The molecule has 2 aliphatic heterocycles. The van der Waals surface area contributed by atoms with Crippen LogP contribution in [-0.4, -0.2) is 25.2 Å². The van der Waals surface area contributed by atoms with Gasteiger partial charge >= 0.3 is 0 Å². The molecule has 0 aromatic heterocycles. The quantitative estimate of drug-likeness (QED) is 0.839. The van der Waals surface area contributed by atoms with Crippen LogP contribution in [-0.2, 0) is 0 Å². The lowest BCUT2D eigenvalue weighted by Crippen LogP contribution is -2.45. The van der Waals surface area contributed by atoms with Gasteiger partial charge in [-0.3, -0.25) is 0 Å². The van der Waals surface area contributed by atoms with E-state index in [2.05, 4.69) is 24.1 Å². The zero-order valence-corrected chi connectivity index (χ0v) is 11.3. The summed E-state index contributed by atoms with van der Waals surface area (Å²) in [5.41, 5.74) is 0.860. The van der Waals surface area contributed by atoms with Crippen LogP contribution >= 0.6 is 0 Å². The van der Waals surface area contributed by atoms with E-state index < -0.39 is 5.82 Å². The summed E-state index contributed by atoms with van der Waals surface area (Å²) in [5, 5.41) is 12.6. The first-order chi connectivity index (χ1) is 9.05. The van der Waals surface area contributed by atoms with Gasteiger partial charge in [0.05, 0.1) is 5.69 Å². The van der Waals surface area contributed by atoms with Crippen LogP contribution in [0.25, 0.3) is 0 Å². The van der Waals surface area contributed by atoms with Gasteiger partial charge in [-0.25, -0.2) is 4.39 Å². The molecule has 19 heavy (non-hydrogen) atoms. The Balaban J connectivity index is 2.04. The van der Waals surface area contributed by atoms with Crippen molar-refractivity contribution in [3.63, 3.8) is 0 Å². The molecule has 0 bridgehead atoms. The van der Waals surface area contributed by atoms with Crippen LogP contribution in [0.5, 0.6) is 0 Å². The molecule has 2 fully saturated rings. The van der Waals surface area contributed by atoms with Crippen LogP contribution in [0.4, 0.5) is 10.1 Å². The summed E-state index contributed by atoms with van der Waals surface area (Å²) in [5.74, 6) is 0.720. The van der Waals surface area contributed by atoms with Gasteiger partial charge in [-0.2, -0.15) is 5.26 Å². The van der Waals surface area contributed by atoms with Crippen molar-refractivity contribution in [3.05, 3.63) is 29.6 Å². The highest BCUT2D eigenvalue weighted by molar-refractivity contribution is 5.62. The SMILES string of the molecule is CC1(C)C2CNCC2CN1c1cccc(F)c1C#N. The molecule has 2 saturated heterocycles. The van der Waals surface area contributed by atoms with Crippen molar-refractivity contribution in [2.24, 2.45) is 11.8 Å². The zero-order chi connectivity index (χ0) is 13.6. The molecule has 0 spiro atoms. The fraction of sp³-hybridized carbons (Fsp3) is 0.533. The van der Waals surface area contributed by atoms with Crippen molar-refractivity contribution in [1.82, 2.24) is 5.32 Å². The van der Waals surface area contributed by atoms with E-state index in [1.165, 1.54) is 6.07 Å². The van der Waals surface area contributed by atoms with E-state index in [1.54, 1.807) is 6.07 Å². The third-order valence-corrected chi connectivity index (χ3v) is 4.75. The number of nitrogens with one attached hydrogen (secondary N) is 1. The van der Waals surface area contributed by atoms with Crippen LogP contribution in [0, 0.1) is 29.0 Å². The number of halogens is 1. The van der Waals surface area contributed by atoms with Crippen LogP contribution in [0.2, 0.25) is 0 Å². The Labute approximate surface area is 113 Å². The Bertz CT molecular complexity index is 547. The molecule has 2 heterocycles. The number of hydrogen-bond donors (Lipinski definition) is 1. The van der Waals surface area contributed by atoms with Gasteiger partial charge in [0, 0.05) is 25.2 Å². The molecule has 3 rings (SSSR count). The fourth-order valence-corrected chi connectivity index (χ4v) is 3.68. The highest BCUT2D eigenvalue weighted by Crippen LogP contribution is 2.44. The summed E-state index contributed by atoms with van der Waals surface area (Å²) in [6.07, 6.45) is 0. The number of hydrogen-bond acceptors (Lipinski definition) is 3. The standard InChI is InChI=1S/C15H18FN3/c1-15(2)12-8-18-7-10(12)9-19(15)14-5-3-4-13(16)11(14)6-17/h3-5,10,12,18H,7-9H2,1-2H3. The van der Waals surface area contributed by atoms with Gasteiger partial charge in [0.2, 0.25) is 0 Å². The molecule has 2 aliphatic rings. The van der Waals surface area contributed by atoms with Crippen molar-refractivity contribution in [1.29, 1.82) is 5.26 Å². The summed E-state index contributed by atoms with van der Waals surface area (Å²) in [6, 6.07) is 6.91. The predicted molar refractivity (Wildman–Crippen MR) is 72.4 cm³/mol. The summed E-state index contributed by atoms with van der Waals surface area (Å²) in [4.78, 5) is 2.21. The topological polar surface area (TPSA) is 39.1 Å². The molecule has 0 saturated carbocycles. The van der Waals surface area contributed by atoms with Crippen molar-refractivity contribution in [2.45, 2.75) is 19.4 Å². The lowest BCUT2D eigenvalue weighted by atomic mass is 9.84. The molecule has 1 N–H and O–H groups in total. The van der Waals surface area contributed by atoms with Gasteiger partial charge in [-0.1, -0.05) is 6.07 Å². The molecule has 0 radical (unpaired) electrons. The summed E-state index contributed by atoms with van der Waals surface area (Å²) < 4.78 is 13.8. The maximum Gasteiger partial charge on any atom is 0.143 e. The van der Waals surface area contributed by atoms with E-state index >= 15 is 0 Å². The van der Waals surface area contributed by atoms with Crippen molar-refractivity contribution >= 4 is 5.69 Å². The molecule has 0 amide bonds. The first-order valence-electron chi connectivity index (χ1n) is 6.72. The average Bonchev–Trinajstić information content (AvgIpc) is 2.92. The van der Waals surface area contributed by atoms with Gasteiger partial charge < -0.3 is 10.2 Å². The normalized spacial score (nSPS) is 28.2. The second-order valence-corrected chi connectivity index (χ2v) is 6.03.